The Bertz CT molecular complexity index is 813. The minimum atomic E-state index is -1.11. The summed E-state index contributed by atoms with van der Waals surface area (Å²) in [7, 11) is 0. The van der Waals surface area contributed by atoms with Crippen LogP contribution in [0.2, 0.25) is 0 Å². The number of hydrogen-bond acceptors (Lipinski definition) is 3. The smallest absolute Gasteiger partial charge is 0.407 e. The minimum Gasteiger partial charge on any atom is -0.480 e. The number of ether oxygens (including phenoxy) is 1. The lowest BCUT2D eigenvalue weighted by atomic mass is 9.98. The third-order valence-electron chi connectivity index (χ3n) is 4.49. The first-order valence-corrected chi connectivity index (χ1v) is 8.46. The molecule has 0 fully saturated rings. The van der Waals surface area contributed by atoms with Crippen LogP contribution >= 0.6 is 0 Å². The Morgan fingerprint density at radius 3 is 2.15 bits per heavy atom. The molecule has 0 radical (unpaired) electrons. The maximum atomic E-state index is 12.1. The highest BCUT2D eigenvalue weighted by Gasteiger charge is 2.29. The van der Waals surface area contributed by atoms with Gasteiger partial charge in [-0.2, -0.15) is 0 Å². The molecule has 2 N–H and O–H groups in total. The van der Waals surface area contributed by atoms with Gasteiger partial charge in [0.2, 0.25) is 0 Å². The molecule has 0 spiro atoms. The summed E-state index contributed by atoms with van der Waals surface area (Å²) in [5.41, 5.74) is 5.18. The molecule has 0 unspecified atom stereocenters. The van der Waals surface area contributed by atoms with Gasteiger partial charge in [0.25, 0.3) is 0 Å². The second kappa shape index (κ2) is 7.44. The lowest BCUT2D eigenvalue weighted by Gasteiger charge is -2.17. The van der Waals surface area contributed by atoms with Crippen LogP contribution < -0.4 is 5.32 Å². The molecule has 1 aliphatic rings. The molecule has 2 aromatic rings. The molecule has 134 valence electrons. The maximum absolute atomic E-state index is 12.1. The van der Waals surface area contributed by atoms with Crippen LogP contribution in [0.25, 0.3) is 11.1 Å². The van der Waals surface area contributed by atoms with Crippen LogP contribution in [-0.4, -0.2) is 29.8 Å². The molecular weight excluding hydrogens is 330 g/mol. The van der Waals surface area contributed by atoms with E-state index in [0.29, 0.717) is 5.57 Å². The summed E-state index contributed by atoms with van der Waals surface area (Å²) in [6.07, 6.45) is -0.569. The topological polar surface area (TPSA) is 75.6 Å². The van der Waals surface area contributed by atoms with Gasteiger partial charge in [-0.3, -0.25) is 0 Å². The van der Waals surface area contributed by atoms with Gasteiger partial charge in [-0.1, -0.05) is 54.1 Å². The van der Waals surface area contributed by atoms with Crippen molar-refractivity contribution in [1.29, 1.82) is 0 Å². The first kappa shape index (κ1) is 17.7. The Morgan fingerprint density at radius 2 is 1.65 bits per heavy atom. The van der Waals surface area contributed by atoms with Gasteiger partial charge in [-0.25, -0.2) is 9.59 Å². The summed E-state index contributed by atoms with van der Waals surface area (Å²) in [5.74, 6) is -1.17. The zero-order chi connectivity index (χ0) is 18.7. The number of carboxylic acids is 1. The summed E-state index contributed by atoms with van der Waals surface area (Å²) >= 11 is 0. The van der Waals surface area contributed by atoms with Gasteiger partial charge in [0.1, 0.15) is 12.6 Å². The molecular formula is C21H21NO4. The second-order valence-corrected chi connectivity index (χ2v) is 6.52. The van der Waals surface area contributed by atoms with Gasteiger partial charge in [-0.05, 0) is 35.6 Å². The molecule has 3 rings (SSSR count). The van der Waals surface area contributed by atoms with Gasteiger partial charge < -0.3 is 15.2 Å². The Balaban J connectivity index is 1.71. The molecule has 0 aromatic heterocycles. The number of carbonyl (C=O) groups is 2. The van der Waals surface area contributed by atoms with Crippen molar-refractivity contribution in [2.45, 2.75) is 25.3 Å². The first-order valence-electron chi connectivity index (χ1n) is 8.46. The van der Waals surface area contributed by atoms with Crippen LogP contribution in [0.5, 0.6) is 0 Å². The molecule has 0 saturated heterocycles. The summed E-state index contributed by atoms with van der Waals surface area (Å²) in [4.78, 5) is 23.3. The van der Waals surface area contributed by atoms with E-state index >= 15 is 0 Å². The predicted octanol–water partition coefficient (Wildman–Crippen LogP) is 3.94. The van der Waals surface area contributed by atoms with Gasteiger partial charge in [0.05, 0.1) is 0 Å². The molecule has 5 heteroatoms. The van der Waals surface area contributed by atoms with E-state index in [4.69, 9.17) is 4.74 Å². The summed E-state index contributed by atoms with van der Waals surface area (Å²) in [5, 5.41) is 11.6. The predicted molar refractivity (Wildman–Crippen MR) is 99.1 cm³/mol. The molecule has 0 aliphatic heterocycles. The number of nitrogens with one attached hydrogen (secondary N) is 1. The summed E-state index contributed by atoms with van der Waals surface area (Å²) in [6, 6.07) is 15.0. The standard InChI is InChI=1S/C21H21NO4/c1-13(2)11-19(20(23)24)22-21(25)26-12-18-16-9-5-3-7-14(16)15-8-4-6-10-17(15)18/h3-10,18-19H,1,11-12H2,2H3,(H,22,25)(H,23,24)/t19-/m0/s1. The molecule has 2 aromatic carbocycles. The fourth-order valence-corrected chi connectivity index (χ4v) is 3.33. The van der Waals surface area contributed by atoms with E-state index in [-0.39, 0.29) is 18.9 Å². The lowest BCUT2D eigenvalue weighted by Crippen LogP contribution is -2.41. The number of rotatable bonds is 6. The van der Waals surface area contributed by atoms with Crippen LogP contribution in [0.15, 0.2) is 60.7 Å². The maximum Gasteiger partial charge on any atom is 0.407 e. The number of amides is 1. The van der Waals surface area contributed by atoms with Crippen molar-refractivity contribution in [3.05, 3.63) is 71.8 Å². The third kappa shape index (κ3) is 3.61. The number of benzene rings is 2. The van der Waals surface area contributed by atoms with E-state index < -0.39 is 18.1 Å². The third-order valence-corrected chi connectivity index (χ3v) is 4.49. The van der Waals surface area contributed by atoms with Gasteiger partial charge in [0, 0.05) is 5.92 Å². The van der Waals surface area contributed by atoms with E-state index in [2.05, 4.69) is 24.0 Å². The van der Waals surface area contributed by atoms with Crippen molar-refractivity contribution in [2.24, 2.45) is 0 Å². The van der Waals surface area contributed by atoms with Gasteiger partial charge >= 0.3 is 12.1 Å². The van der Waals surface area contributed by atoms with E-state index in [1.165, 1.54) is 0 Å². The van der Waals surface area contributed by atoms with Crippen LogP contribution in [0.1, 0.15) is 30.4 Å². The Hall–Kier alpha value is -3.08. The molecule has 1 amide bonds. The van der Waals surface area contributed by atoms with Crippen molar-refractivity contribution in [1.82, 2.24) is 5.32 Å². The van der Waals surface area contributed by atoms with Crippen molar-refractivity contribution in [3.8, 4) is 11.1 Å². The zero-order valence-electron chi connectivity index (χ0n) is 14.6. The normalized spacial score (nSPS) is 13.4. The number of hydrogen-bond donors (Lipinski definition) is 2. The summed E-state index contributed by atoms with van der Waals surface area (Å²) < 4.78 is 5.36. The fraction of sp³-hybridized carbons (Fsp3) is 0.238. The monoisotopic (exact) mass is 351 g/mol. The van der Waals surface area contributed by atoms with E-state index in [0.717, 1.165) is 22.3 Å². The van der Waals surface area contributed by atoms with Crippen molar-refractivity contribution in [2.75, 3.05) is 6.61 Å². The zero-order valence-corrected chi connectivity index (χ0v) is 14.6. The number of alkyl carbamates (subject to hydrolysis) is 1. The number of aliphatic carboxylic acids is 1. The molecule has 1 aliphatic carbocycles. The van der Waals surface area contributed by atoms with E-state index in [1.807, 2.05) is 36.4 Å². The van der Waals surface area contributed by atoms with Crippen LogP contribution in [0, 0.1) is 0 Å². The fourth-order valence-electron chi connectivity index (χ4n) is 3.33. The number of carbonyl (C=O) groups excluding carboxylic acids is 1. The Kier molecular flexibility index (Phi) is 5.07. The van der Waals surface area contributed by atoms with Crippen LogP contribution in [0.4, 0.5) is 4.79 Å². The Morgan fingerprint density at radius 1 is 1.12 bits per heavy atom. The van der Waals surface area contributed by atoms with Crippen molar-refractivity contribution < 1.29 is 19.4 Å². The Labute approximate surface area is 152 Å². The minimum absolute atomic E-state index is 0.0578. The second-order valence-electron chi connectivity index (χ2n) is 6.52. The highest BCUT2D eigenvalue weighted by Crippen LogP contribution is 2.44. The van der Waals surface area contributed by atoms with Crippen LogP contribution in [0.3, 0.4) is 0 Å². The quantitative estimate of drug-likeness (QED) is 0.773. The highest BCUT2D eigenvalue weighted by molar-refractivity contribution is 5.81. The van der Waals surface area contributed by atoms with Crippen LogP contribution in [-0.2, 0) is 9.53 Å². The lowest BCUT2D eigenvalue weighted by molar-refractivity contribution is -0.139. The largest absolute Gasteiger partial charge is 0.480 e. The number of carboxylic acid groups (broad SMARTS) is 1. The average molecular weight is 351 g/mol. The molecule has 5 nitrogen and oxygen atoms in total. The molecule has 26 heavy (non-hydrogen) atoms. The van der Waals surface area contributed by atoms with Crippen molar-refractivity contribution >= 4 is 12.1 Å². The van der Waals surface area contributed by atoms with Gasteiger partial charge in [-0.15, -0.1) is 6.58 Å². The SMILES string of the molecule is C=C(C)C[C@H](NC(=O)OCC1c2ccccc2-c2ccccc21)C(=O)O. The summed E-state index contributed by atoms with van der Waals surface area (Å²) in [6.45, 7) is 5.56. The van der Waals surface area contributed by atoms with Crippen molar-refractivity contribution in [3.63, 3.8) is 0 Å². The molecule has 0 bridgehead atoms. The van der Waals surface area contributed by atoms with E-state index in [1.54, 1.807) is 6.92 Å². The highest BCUT2D eigenvalue weighted by atomic mass is 16.5. The van der Waals surface area contributed by atoms with Gasteiger partial charge in [0.15, 0.2) is 0 Å². The van der Waals surface area contributed by atoms with E-state index in [9.17, 15) is 14.7 Å². The molecule has 0 heterocycles. The molecule has 0 saturated carbocycles. The number of fused-ring (bicyclic) bond motifs is 3. The average Bonchev–Trinajstić information content (AvgIpc) is 2.93. The first-order chi connectivity index (χ1) is 12.5. The molecule has 1 atom stereocenters.